The van der Waals surface area contributed by atoms with E-state index in [2.05, 4.69) is 14.8 Å². The smallest absolute Gasteiger partial charge is 0.259 e. The van der Waals surface area contributed by atoms with E-state index in [-0.39, 0.29) is 0 Å². The van der Waals surface area contributed by atoms with Crippen molar-refractivity contribution in [1.29, 1.82) is 0 Å². The topological polar surface area (TPSA) is 52.6 Å². The third kappa shape index (κ3) is 4.01. The van der Waals surface area contributed by atoms with E-state index in [0.29, 0.717) is 25.9 Å². The number of hydrogen-bond donors (Lipinski definition) is 0. The summed E-state index contributed by atoms with van der Waals surface area (Å²) in [6.45, 7) is 4.70. The van der Waals surface area contributed by atoms with Crippen molar-refractivity contribution in [3.8, 4) is 0 Å². The van der Waals surface area contributed by atoms with Crippen molar-refractivity contribution in [2.24, 2.45) is 0 Å². The van der Waals surface area contributed by atoms with Gasteiger partial charge in [0.2, 0.25) is 5.95 Å². The zero-order valence-electron chi connectivity index (χ0n) is 17.6. The Balaban J connectivity index is 1.26. The first kappa shape index (κ1) is 20.3. The molecule has 1 amide bonds. The minimum Gasteiger partial charge on any atom is -0.338 e. The largest absolute Gasteiger partial charge is 0.338 e. The van der Waals surface area contributed by atoms with Crippen molar-refractivity contribution in [2.45, 2.75) is 38.1 Å². The lowest BCUT2D eigenvalue weighted by Crippen LogP contribution is -2.52. The van der Waals surface area contributed by atoms with Gasteiger partial charge in [0.25, 0.3) is 5.91 Å². The monoisotopic (exact) mass is 427 g/mol. The van der Waals surface area contributed by atoms with Crippen molar-refractivity contribution in [3.63, 3.8) is 0 Å². The summed E-state index contributed by atoms with van der Waals surface area (Å²) in [5, 5.41) is 0. The van der Waals surface area contributed by atoms with Gasteiger partial charge in [0.15, 0.2) is 0 Å². The van der Waals surface area contributed by atoms with E-state index in [9.17, 15) is 13.6 Å². The first-order chi connectivity index (χ1) is 15.1. The molecule has 3 aliphatic rings. The second kappa shape index (κ2) is 8.49. The molecule has 2 fully saturated rings. The van der Waals surface area contributed by atoms with Crippen molar-refractivity contribution in [2.75, 3.05) is 44.2 Å². The number of benzene rings is 1. The van der Waals surface area contributed by atoms with E-state index >= 15 is 0 Å². The first-order valence-corrected chi connectivity index (χ1v) is 11.2. The van der Waals surface area contributed by atoms with E-state index < -0.39 is 23.1 Å². The van der Waals surface area contributed by atoms with Crippen LogP contribution in [0, 0.1) is 11.6 Å². The highest BCUT2D eigenvalue weighted by molar-refractivity contribution is 5.94. The molecule has 1 aromatic heterocycles. The van der Waals surface area contributed by atoms with E-state index in [4.69, 9.17) is 4.98 Å². The lowest BCUT2D eigenvalue weighted by Gasteiger charge is -2.43. The molecule has 31 heavy (non-hydrogen) atoms. The molecule has 164 valence electrons. The third-order valence-electron chi connectivity index (χ3n) is 6.86. The van der Waals surface area contributed by atoms with Crippen LogP contribution in [0.5, 0.6) is 0 Å². The predicted molar refractivity (Wildman–Crippen MR) is 113 cm³/mol. The minimum atomic E-state index is -0.824. The summed E-state index contributed by atoms with van der Waals surface area (Å²) in [6.07, 6.45) is 6.97. The van der Waals surface area contributed by atoms with Crippen molar-refractivity contribution < 1.29 is 13.6 Å². The number of amides is 1. The zero-order chi connectivity index (χ0) is 21.4. The molecule has 0 unspecified atom stereocenters. The zero-order valence-corrected chi connectivity index (χ0v) is 17.6. The number of hydrogen-bond acceptors (Lipinski definition) is 5. The summed E-state index contributed by atoms with van der Waals surface area (Å²) in [5.41, 5.74) is 1.45. The second-order valence-electron chi connectivity index (χ2n) is 8.64. The van der Waals surface area contributed by atoms with Crippen LogP contribution >= 0.6 is 0 Å². The normalized spacial score (nSPS) is 20.2. The molecule has 6 nitrogen and oxygen atoms in total. The molecular weight excluding hydrogens is 400 g/mol. The quantitative estimate of drug-likeness (QED) is 0.754. The van der Waals surface area contributed by atoms with Crippen LogP contribution < -0.4 is 4.90 Å². The fraction of sp³-hybridized carbons (Fsp3) is 0.522. The van der Waals surface area contributed by atoms with Crippen LogP contribution in [-0.2, 0) is 12.8 Å². The van der Waals surface area contributed by atoms with Gasteiger partial charge >= 0.3 is 0 Å². The molecule has 3 heterocycles. The Hall–Kier alpha value is -2.61. The second-order valence-corrected chi connectivity index (χ2v) is 8.64. The number of carbonyl (C=O) groups excluding carboxylic acids is 1. The van der Waals surface area contributed by atoms with Gasteiger partial charge in [-0.15, -0.1) is 0 Å². The van der Waals surface area contributed by atoms with E-state index in [0.717, 1.165) is 61.6 Å². The fourth-order valence-corrected chi connectivity index (χ4v) is 4.72. The molecule has 0 N–H and O–H groups in total. The maximum Gasteiger partial charge on any atom is 0.259 e. The van der Waals surface area contributed by atoms with Gasteiger partial charge in [-0.05, 0) is 37.0 Å². The van der Waals surface area contributed by atoms with Gasteiger partial charge in [-0.25, -0.2) is 18.7 Å². The van der Waals surface area contributed by atoms with Crippen LogP contribution in [0.15, 0.2) is 24.4 Å². The fourth-order valence-electron chi connectivity index (χ4n) is 4.72. The average Bonchev–Trinajstić information content (AvgIpc) is 2.95. The molecule has 2 aliphatic heterocycles. The highest BCUT2D eigenvalue weighted by Gasteiger charge is 2.29. The van der Waals surface area contributed by atoms with Crippen LogP contribution in [0.3, 0.4) is 0 Å². The van der Waals surface area contributed by atoms with Crippen molar-refractivity contribution in [3.05, 3.63) is 52.9 Å². The maximum absolute atomic E-state index is 14.1. The summed E-state index contributed by atoms with van der Waals surface area (Å²) in [4.78, 5) is 28.5. The van der Waals surface area contributed by atoms with Gasteiger partial charge in [-0.1, -0.05) is 12.5 Å². The number of piperazine rings is 1. The van der Waals surface area contributed by atoms with E-state index in [1.807, 2.05) is 6.20 Å². The molecule has 1 saturated heterocycles. The number of nitrogens with zero attached hydrogens (tertiary/aromatic N) is 5. The average molecular weight is 427 g/mol. The summed E-state index contributed by atoms with van der Waals surface area (Å²) in [7, 11) is 0. The molecule has 0 atom stereocenters. The summed E-state index contributed by atoms with van der Waals surface area (Å²) < 4.78 is 28.1. The molecule has 5 rings (SSSR count). The molecular formula is C23H27F2N5O. The molecule has 2 aromatic rings. The Kier molecular flexibility index (Phi) is 5.56. The highest BCUT2D eigenvalue weighted by atomic mass is 19.1. The molecule has 1 aromatic carbocycles. The van der Waals surface area contributed by atoms with E-state index in [1.165, 1.54) is 30.2 Å². The van der Waals surface area contributed by atoms with Crippen molar-refractivity contribution in [1.82, 2.24) is 19.8 Å². The number of anilines is 1. The number of aromatic nitrogens is 2. The number of fused-ring (bicyclic) bond motifs is 1. The minimum absolute atomic E-state index is 0.380. The summed E-state index contributed by atoms with van der Waals surface area (Å²) in [6, 6.07) is 4.26. The molecule has 0 bridgehead atoms. The molecule has 0 spiro atoms. The van der Waals surface area contributed by atoms with Gasteiger partial charge in [0.1, 0.15) is 17.2 Å². The molecule has 0 radical (unpaired) electrons. The maximum atomic E-state index is 14.1. The Morgan fingerprint density at radius 2 is 1.68 bits per heavy atom. The Morgan fingerprint density at radius 3 is 2.35 bits per heavy atom. The standard InChI is InChI=1S/C23H27F2N5O/c24-18-5-2-6-19(25)21(18)22(31)29-9-7-16-15-26-23(27-20(16)8-10-29)30-13-11-28(12-14-30)17-3-1-4-17/h2,5-6,15,17H,1,3-4,7-14H2. The third-order valence-corrected chi connectivity index (χ3v) is 6.86. The van der Waals surface area contributed by atoms with Gasteiger partial charge < -0.3 is 9.80 Å². The van der Waals surface area contributed by atoms with Crippen molar-refractivity contribution >= 4 is 11.9 Å². The predicted octanol–water partition coefficient (Wildman–Crippen LogP) is 2.67. The molecule has 8 heteroatoms. The van der Waals surface area contributed by atoms with Crippen LogP contribution in [0.25, 0.3) is 0 Å². The Morgan fingerprint density at radius 1 is 0.968 bits per heavy atom. The Labute approximate surface area is 180 Å². The summed E-state index contributed by atoms with van der Waals surface area (Å²) >= 11 is 0. The van der Waals surface area contributed by atoms with Gasteiger partial charge in [0.05, 0.1) is 5.69 Å². The van der Waals surface area contributed by atoms with Crippen LogP contribution in [-0.4, -0.2) is 71.0 Å². The lowest BCUT2D eigenvalue weighted by atomic mass is 9.91. The number of carbonyl (C=O) groups is 1. The summed E-state index contributed by atoms with van der Waals surface area (Å²) in [5.74, 6) is -1.51. The Bertz CT molecular complexity index is 952. The number of halogens is 2. The number of rotatable bonds is 3. The molecule has 1 aliphatic carbocycles. The van der Waals surface area contributed by atoms with E-state index in [1.54, 1.807) is 0 Å². The van der Waals surface area contributed by atoms with Crippen LogP contribution in [0.1, 0.15) is 40.9 Å². The molecule has 1 saturated carbocycles. The highest BCUT2D eigenvalue weighted by Crippen LogP contribution is 2.26. The van der Waals surface area contributed by atoms with Gasteiger partial charge in [0, 0.05) is 57.9 Å². The van der Waals surface area contributed by atoms with Crippen LogP contribution in [0.2, 0.25) is 0 Å². The SMILES string of the molecule is O=C(c1c(F)cccc1F)N1CCc2cnc(N3CCN(C4CCC4)CC3)nc2CC1. The van der Waals surface area contributed by atoms with Gasteiger partial charge in [-0.3, -0.25) is 9.69 Å². The first-order valence-electron chi connectivity index (χ1n) is 11.2. The van der Waals surface area contributed by atoms with Gasteiger partial charge in [-0.2, -0.15) is 0 Å². The van der Waals surface area contributed by atoms with Crippen LogP contribution in [0.4, 0.5) is 14.7 Å². The lowest BCUT2D eigenvalue weighted by molar-refractivity contribution is 0.0753.